The van der Waals surface area contributed by atoms with Crippen molar-refractivity contribution >= 4 is 17.5 Å². The van der Waals surface area contributed by atoms with Crippen molar-refractivity contribution in [2.45, 2.75) is 32.8 Å². The number of hydrogen-bond acceptors (Lipinski definition) is 3. The topological polar surface area (TPSA) is 70.0 Å². The lowest BCUT2D eigenvalue weighted by molar-refractivity contribution is 0.204. The van der Waals surface area contributed by atoms with Crippen LogP contribution in [0.15, 0.2) is 42.5 Å². The smallest absolute Gasteiger partial charge is 0.416 e. The number of carbonyl (C=O) groups is 1. The molecular formula is C19H23NO4. The van der Waals surface area contributed by atoms with Crippen LogP contribution >= 0.6 is 0 Å². The average Bonchev–Trinajstić information content (AvgIpc) is 2.54. The largest absolute Gasteiger partial charge is 0.494 e. The van der Waals surface area contributed by atoms with Crippen LogP contribution in [0.5, 0.6) is 5.75 Å². The fourth-order valence-electron chi connectivity index (χ4n) is 2.55. The molecule has 5 nitrogen and oxygen atoms in total. The molecule has 0 fully saturated rings. The first-order chi connectivity index (χ1) is 11.3. The van der Waals surface area contributed by atoms with Crippen LogP contribution in [0.1, 0.15) is 31.9 Å². The highest BCUT2D eigenvalue weighted by molar-refractivity contribution is 5.97. The van der Waals surface area contributed by atoms with Gasteiger partial charge in [0.25, 0.3) is 0 Å². The minimum atomic E-state index is -1.12. The maximum atomic E-state index is 11.9. The van der Waals surface area contributed by atoms with Gasteiger partial charge in [0.15, 0.2) is 0 Å². The van der Waals surface area contributed by atoms with Crippen molar-refractivity contribution in [3.63, 3.8) is 0 Å². The lowest BCUT2D eigenvalue weighted by atomic mass is 9.85. The monoisotopic (exact) mass is 329 g/mol. The van der Waals surface area contributed by atoms with Crippen molar-refractivity contribution in [3.05, 3.63) is 53.6 Å². The molecule has 0 heterocycles. The van der Waals surface area contributed by atoms with E-state index in [1.807, 2.05) is 32.9 Å². The summed E-state index contributed by atoms with van der Waals surface area (Å²) < 4.78 is 5.42. The van der Waals surface area contributed by atoms with Crippen LogP contribution in [0.2, 0.25) is 0 Å². The number of ether oxygens (including phenoxy) is 1. The number of carboxylic acid groups (broad SMARTS) is 1. The molecule has 2 aromatic rings. The number of aliphatic hydroxyl groups excluding tert-OH is 1. The summed E-state index contributed by atoms with van der Waals surface area (Å²) in [6, 6.07) is 12.5. The van der Waals surface area contributed by atoms with Crippen molar-refractivity contribution in [2.24, 2.45) is 0 Å². The Balaban J connectivity index is 2.75. The maximum absolute atomic E-state index is 11.9. The van der Waals surface area contributed by atoms with E-state index in [-0.39, 0.29) is 12.0 Å². The van der Waals surface area contributed by atoms with Gasteiger partial charge in [0.1, 0.15) is 5.75 Å². The van der Waals surface area contributed by atoms with E-state index in [1.54, 1.807) is 30.3 Å². The minimum absolute atomic E-state index is 0.203. The molecule has 2 aromatic carbocycles. The Morgan fingerprint density at radius 1 is 1.17 bits per heavy atom. The van der Waals surface area contributed by atoms with Crippen LogP contribution in [0, 0.1) is 0 Å². The SMILES string of the molecule is COc1c(CO)cc(C(C)(C)C)cc1N(C(=O)O)c1ccccc1. The predicted molar refractivity (Wildman–Crippen MR) is 94.2 cm³/mol. The zero-order chi connectivity index (χ0) is 17.9. The summed E-state index contributed by atoms with van der Waals surface area (Å²) >= 11 is 0. The van der Waals surface area contributed by atoms with E-state index in [9.17, 15) is 15.0 Å². The third kappa shape index (κ3) is 3.51. The molecular weight excluding hydrogens is 306 g/mol. The maximum Gasteiger partial charge on any atom is 0.416 e. The fourth-order valence-corrected chi connectivity index (χ4v) is 2.55. The van der Waals surface area contributed by atoms with Crippen molar-refractivity contribution in [1.82, 2.24) is 0 Å². The van der Waals surface area contributed by atoms with E-state index in [4.69, 9.17) is 4.74 Å². The van der Waals surface area contributed by atoms with Gasteiger partial charge >= 0.3 is 6.09 Å². The zero-order valence-electron chi connectivity index (χ0n) is 14.4. The molecule has 128 valence electrons. The van der Waals surface area contributed by atoms with Crippen molar-refractivity contribution in [2.75, 3.05) is 12.0 Å². The van der Waals surface area contributed by atoms with Gasteiger partial charge in [-0.05, 0) is 35.2 Å². The highest BCUT2D eigenvalue weighted by atomic mass is 16.5. The molecule has 0 bridgehead atoms. The first-order valence-electron chi connectivity index (χ1n) is 7.70. The van der Waals surface area contributed by atoms with Gasteiger partial charge in [-0.2, -0.15) is 0 Å². The summed E-state index contributed by atoms with van der Waals surface area (Å²) in [7, 11) is 1.47. The number of hydrogen-bond donors (Lipinski definition) is 2. The molecule has 0 atom stereocenters. The van der Waals surface area contributed by atoms with Gasteiger partial charge in [0, 0.05) is 5.56 Å². The van der Waals surface area contributed by atoms with Crippen LogP contribution in [0.3, 0.4) is 0 Å². The molecule has 0 aliphatic heterocycles. The highest BCUT2D eigenvalue weighted by Crippen LogP contribution is 2.40. The average molecular weight is 329 g/mol. The normalized spacial score (nSPS) is 11.2. The molecule has 0 radical (unpaired) electrons. The third-order valence-electron chi connectivity index (χ3n) is 3.83. The number of nitrogens with zero attached hydrogens (tertiary/aromatic N) is 1. The Morgan fingerprint density at radius 2 is 1.79 bits per heavy atom. The molecule has 0 aliphatic carbocycles. The second-order valence-corrected chi connectivity index (χ2v) is 6.55. The highest BCUT2D eigenvalue weighted by Gasteiger charge is 2.26. The van der Waals surface area contributed by atoms with Gasteiger partial charge in [-0.1, -0.05) is 39.0 Å². The first-order valence-corrected chi connectivity index (χ1v) is 7.70. The van der Waals surface area contributed by atoms with Gasteiger partial charge < -0.3 is 14.9 Å². The molecule has 0 unspecified atom stereocenters. The van der Waals surface area contributed by atoms with Crippen LogP contribution in [0.4, 0.5) is 16.2 Å². The van der Waals surface area contributed by atoms with E-state index in [0.29, 0.717) is 22.7 Å². The number of rotatable bonds is 4. The molecule has 0 spiro atoms. The molecule has 2 N–H and O–H groups in total. The summed E-state index contributed by atoms with van der Waals surface area (Å²) in [5.41, 5.74) is 2.18. The molecule has 0 aliphatic rings. The van der Waals surface area contributed by atoms with Gasteiger partial charge in [0.05, 0.1) is 25.1 Å². The van der Waals surface area contributed by atoms with E-state index in [2.05, 4.69) is 0 Å². The number of anilines is 2. The number of aliphatic hydroxyl groups is 1. The molecule has 2 rings (SSSR count). The predicted octanol–water partition coefficient (Wildman–Crippen LogP) is 4.30. The number of methoxy groups -OCH3 is 1. The molecule has 5 heteroatoms. The standard InChI is InChI=1S/C19H23NO4/c1-19(2,3)14-10-13(12-21)17(24-4)16(11-14)20(18(22)23)15-8-6-5-7-9-15/h5-11,21H,12H2,1-4H3,(H,22,23). The second kappa shape index (κ2) is 6.93. The Morgan fingerprint density at radius 3 is 2.25 bits per heavy atom. The number of amides is 1. The van der Waals surface area contributed by atoms with E-state index >= 15 is 0 Å². The molecule has 24 heavy (non-hydrogen) atoms. The molecule has 0 saturated carbocycles. The Bertz CT molecular complexity index is 720. The lowest BCUT2D eigenvalue weighted by Gasteiger charge is -2.27. The van der Waals surface area contributed by atoms with E-state index < -0.39 is 6.09 Å². The quantitative estimate of drug-likeness (QED) is 0.877. The Labute approximate surface area is 142 Å². The second-order valence-electron chi connectivity index (χ2n) is 6.55. The van der Waals surface area contributed by atoms with Crippen LogP contribution < -0.4 is 9.64 Å². The summed E-state index contributed by atoms with van der Waals surface area (Å²) in [4.78, 5) is 13.1. The van der Waals surface area contributed by atoms with Gasteiger partial charge in [0.2, 0.25) is 0 Å². The Hall–Kier alpha value is -2.53. The summed E-state index contributed by atoms with van der Waals surface area (Å²) in [6.45, 7) is 5.87. The van der Waals surface area contributed by atoms with Crippen LogP contribution in [0.25, 0.3) is 0 Å². The first kappa shape index (κ1) is 17.8. The molecule has 1 amide bonds. The molecule has 0 aromatic heterocycles. The zero-order valence-corrected chi connectivity index (χ0v) is 14.4. The van der Waals surface area contributed by atoms with Crippen molar-refractivity contribution in [1.29, 1.82) is 0 Å². The molecule has 0 saturated heterocycles. The minimum Gasteiger partial charge on any atom is -0.494 e. The third-order valence-corrected chi connectivity index (χ3v) is 3.83. The van der Waals surface area contributed by atoms with Crippen LogP contribution in [-0.4, -0.2) is 23.4 Å². The van der Waals surface area contributed by atoms with E-state index in [0.717, 1.165) is 5.56 Å². The van der Waals surface area contributed by atoms with Gasteiger partial charge in [-0.15, -0.1) is 0 Å². The van der Waals surface area contributed by atoms with E-state index in [1.165, 1.54) is 12.0 Å². The van der Waals surface area contributed by atoms with Crippen molar-refractivity contribution < 1.29 is 19.7 Å². The number of para-hydroxylation sites is 1. The van der Waals surface area contributed by atoms with Crippen molar-refractivity contribution in [3.8, 4) is 5.75 Å². The summed E-state index contributed by atoms with van der Waals surface area (Å²) in [5.74, 6) is 0.358. The van der Waals surface area contributed by atoms with Crippen LogP contribution in [-0.2, 0) is 12.0 Å². The Kier molecular flexibility index (Phi) is 5.14. The number of benzene rings is 2. The summed E-state index contributed by atoms with van der Waals surface area (Å²) in [5, 5.41) is 19.5. The fraction of sp³-hybridized carbons (Fsp3) is 0.316. The summed E-state index contributed by atoms with van der Waals surface area (Å²) in [6.07, 6.45) is -1.12. The lowest BCUT2D eigenvalue weighted by Crippen LogP contribution is -2.25. The van der Waals surface area contributed by atoms with Gasteiger partial charge in [-0.25, -0.2) is 9.69 Å². The van der Waals surface area contributed by atoms with Gasteiger partial charge in [-0.3, -0.25) is 0 Å².